The Kier molecular flexibility index (Phi) is 6.19. The lowest BCUT2D eigenvalue weighted by Crippen LogP contribution is -2.36. The van der Waals surface area contributed by atoms with Crippen molar-refractivity contribution in [2.24, 2.45) is 5.10 Å². The Labute approximate surface area is 141 Å². The van der Waals surface area contributed by atoms with Crippen molar-refractivity contribution >= 4 is 17.8 Å². The van der Waals surface area contributed by atoms with Crippen LogP contribution < -0.4 is 15.5 Å². The monoisotopic (exact) mass is 327 g/mol. The maximum absolute atomic E-state index is 12.2. The number of benzene rings is 2. The fourth-order valence-corrected chi connectivity index (χ4v) is 2.05. The number of hydrazone groups is 1. The first-order chi connectivity index (χ1) is 11.6. The van der Waals surface area contributed by atoms with E-state index in [1.165, 1.54) is 6.21 Å². The van der Waals surface area contributed by atoms with Crippen LogP contribution in [0.15, 0.2) is 53.6 Å². The first-order valence-electron chi connectivity index (χ1n) is 7.65. The van der Waals surface area contributed by atoms with E-state index in [1.807, 2.05) is 31.2 Å². The highest BCUT2D eigenvalue weighted by Crippen LogP contribution is 2.16. The largest absolute Gasteiger partial charge is 0.508 e. The predicted molar refractivity (Wildman–Crippen MR) is 94.5 cm³/mol. The first kappa shape index (κ1) is 17.3. The van der Waals surface area contributed by atoms with Crippen LogP contribution in [0.5, 0.6) is 11.5 Å². The number of anilines is 1. The zero-order chi connectivity index (χ0) is 17.4. The van der Waals surface area contributed by atoms with Crippen LogP contribution in [0.4, 0.5) is 5.69 Å². The maximum Gasteiger partial charge on any atom is 0.262 e. The molecule has 0 heterocycles. The van der Waals surface area contributed by atoms with Crippen molar-refractivity contribution in [2.45, 2.75) is 19.4 Å². The van der Waals surface area contributed by atoms with Crippen molar-refractivity contribution in [2.75, 3.05) is 12.4 Å². The molecule has 0 saturated heterocycles. The van der Waals surface area contributed by atoms with Gasteiger partial charge >= 0.3 is 0 Å². The number of nitrogens with one attached hydrogen (secondary N) is 2. The second-order valence-electron chi connectivity index (χ2n) is 5.16. The molecule has 2 aromatic rings. The lowest BCUT2D eigenvalue weighted by Gasteiger charge is -2.16. The van der Waals surface area contributed by atoms with Gasteiger partial charge in [0.15, 0.2) is 0 Å². The van der Waals surface area contributed by atoms with Crippen molar-refractivity contribution in [3.63, 3.8) is 0 Å². The number of phenols is 1. The number of amides is 1. The van der Waals surface area contributed by atoms with Crippen molar-refractivity contribution in [3.05, 3.63) is 54.1 Å². The molecule has 1 atom stereocenters. The topological polar surface area (TPSA) is 83.0 Å². The number of carbonyl (C=O) groups is 1. The summed E-state index contributed by atoms with van der Waals surface area (Å²) in [5.41, 5.74) is 4.14. The molecule has 0 spiro atoms. The number of ether oxygens (including phenoxy) is 1. The fraction of sp³-hybridized carbons (Fsp3) is 0.222. The summed E-state index contributed by atoms with van der Waals surface area (Å²) in [6.45, 7) is 1.92. The molecule has 0 aliphatic heterocycles. The van der Waals surface area contributed by atoms with Crippen molar-refractivity contribution in [1.82, 2.24) is 5.43 Å². The molecular formula is C18H21N3O3. The van der Waals surface area contributed by atoms with Gasteiger partial charge in [-0.15, -0.1) is 0 Å². The molecule has 0 bridgehead atoms. The summed E-state index contributed by atoms with van der Waals surface area (Å²) in [6.07, 6.45) is 2.14. The van der Waals surface area contributed by atoms with Crippen LogP contribution in [-0.2, 0) is 4.79 Å². The predicted octanol–water partition coefficient (Wildman–Crippen LogP) is 2.74. The van der Waals surface area contributed by atoms with E-state index in [0.29, 0.717) is 6.42 Å². The van der Waals surface area contributed by atoms with Crippen LogP contribution in [0.1, 0.15) is 18.9 Å². The van der Waals surface area contributed by atoms with Crippen LogP contribution in [0, 0.1) is 0 Å². The van der Waals surface area contributed by atoms with Crippen LogP contribution in [0.25, 0.3) is 0 Å². The van der Waals surface area contributed by atoms with E-state index in [1.54, 1.807) is 31.4 Å². The number of hydrogen-bond donors (Lipinski definition) is 3. The Bertz CT molecular complexity index is 682. The van der Waals surface area contributed by atoms with E-state index < -0.39 is 6.04 Å². The van der Waals surface area contributed by atoms with Gasteiger partial charge in [0.25, 0.3) is 5.91 Å². The Hall–Kier alpha value is -3.02. The lowest BCUT2D eigenvalue weighted by molar-refractivity contribution is -0.121. The summed E-state index contributed by atoms with van der Waals surface area (Å²) in [4.78, 5) is 12.2. The van der Waals surface area contributed by atoms with Gasteiger partial charge < -0.3 is 15.2 Å². The standard InChI is InChI=1S/C18H21N3O3/c1-3-17(20-14-6-10-16(24-2)11-7-14)18(23)21-19-12-13-4-8-15(22)9-5-13/h4-12,17,20,22H,3H2,1-2H3,(H,21,23)/t17-/m0/s1. The molecule has 2 rings (SSSR count). The average molecular weight is 327 g/mol. The molecule has 0 aromatic heterocycles. The van der Waals surface area contributed by atoms with Gasteiger partial charge in [-0.2, -0.15) is 5.10 Å². The molecule has 3 N–H and O–H groups in total. The number of carbonyl (C=O) groups excluding carboxylic acids is 1. The molecule has 126 valence electrons. The Balaban J connectivity index is 1.91. The summed E-state index contributed by atoms with van der Waals surface area (Å²) >= 11 is 0. The molecule has 1 amide bonds. The van der Waals surface area contributed by atoms with Gasteiger partial charge in [0, 0.05) is 5.69 Å². The molecule has 0 radical (unpaired) electrons. The van der Waals surface area contributed by atoms with Gasteiger partial charge in [0.1, 0.15) is 17.5 Å². The number of rotatable bonds is 7. The molecule has 0 aliphatic carbocycles. The van der Waals surface area contributed by atoms with Gasteiger partial charge in [-0.05, 0) is 60.5 Å². The zero-order valence-corrected chi connectivity index (χ0v) is 13.7. The average Bonchev–Trinajstić information content (AvgIpc) is 2.61. The first-order valence-corrected chi connectivity index (χ1v) is 7.65. The minimum atomic E-state index is -0.393. The number of methoxy groups -OCH3 is 1. The Morgan fingerprint density at radius 3 is 2.46 bits per heavy atom. The second kappa shape index (κ2) is 8.57. The van der Waals surface area contributed by atoms with Gasteiger partial charge in [-0.3, -0.25) is 4.79 Å². The minimum Gasteiger partial charge on any atom is -0.508 e. The molecule has 0 aliphatic rings. The van der Waals surface area contributed by atoms with Gasteiger partial charge in [-0.1, -0.05) is 6.92 Å². The Morgan fingerprint density at radius 1 is 1.21 bits per heavy atom. The molecule has 0 unspecified atom stereocenters. The number of phenolic OH excluding ortho intramolecular Hbond substituents is 1. The number of aromatic hydroxyl groups is 1. The number of hydrogen-bond acceptors (Lipinski definition) is 5. The lowest BCUT2D eigenvalue weighted by atomic mass is 10.2. The summed E-state index contributed by atoms with van der Waals surface area (Å²) in [5.74, 6) is 0.728. The highest BCUT2D eigenvalue weighted by Gasteiger charge is 2.15. The van der Waals surface area contributed by atoms with Crippen molar-refractivity contribution in [1.29, 1.82) is 0 Å². The highest BCUT2D eigenvalue weighted by atomic mass is 16.5. The highest BCUT2D eigenvalue weighted by molar-refractivity contribution is 5.86. The third kappa shape index (κ3) is 5.01. The minimum absolute atomic E-state index is 0.186. The smallest absolute Gasteiger partial charge is 0.262 e. The normalized spacial score (nSPS) is 11.9. The van der Waals surface area contributed by atoms with Crippen molar-refractivity contribution in [3.8, 4) is 11.5 Å². The third-order valence-corrected chi connectivity index (χ3v) is 3.44. The molecule has 2 aromatic carbocycles. The third-order valence-electron chi connectivity index (χ3n) is 3.44. The van der Waals surface area contributed by atoms with E-state index in [-0.39, 0.29) is 11.7 Å². The molecular weight excluding hydrogens is 306 g/mol. The summed E-state index contributed by atoms with van der Waals surface area (Å²) < 4.78 is 5.11. The Morgan fingerprint density at radius 2 is 1.88 bits per heavy atom. The van der Waals surface area contributed by atoms with Gasteiger partial charge in [0.2, 0.25) is 0 Å². The van der Waals surface area contributed by atoms with Gasteiger partial charge in [0.05, 0.1) is 13.3 Å². The SMILES string of the molecule is CC[C@H](Nc1ccc(OC)cc1)C(=O)NN=Cc1ccc(O)cc1. The van der Waals surface area contributed by atoms with Crippen LogP contribution in [-0.4, -0.2) is 30.4 Å². The van der Waals surface area contributed by atoms with E-state index >= 15 is 0 Å². The van der Waals surface area contributed by atoms with E-state index in [2.05, 4.69) is 15.8 Å². The second-order valence-corrected chi connectivity index (χ2v) is 5.16. The molecule has 0 fully saturated rings. The van der Waals surface area contributed by atoms with E-state index in [9.17, 15) is 9.90 Å². The van der Waals surface area contributed by atoms with E-state index in [4.69, 9.17) is 4.74 Å². The fourth-order valence-electron chi connectivity index (χ4n) is 2.05. The van der Waals surface area contributed by atoms with Crippen LogP contribution in [0.2, 0.25) is 0 Å². The summed E-state index contributed by atoms with van der Waals surface area (Å²) in [7, 11) is 1.61. The molecule has 0 saturated carbocycles. The zero-order valence-electron chi connectivity index (χ0n) is 13.7. The molecule has 6 nitrogen and oxygen atoms in total. The maximum atomic E-state index is 12.2. The van der Waals surface area contributed by atoms with Crippen LogP contribution in [0.3, 0.4) is 0 Å². The molecule has 24 heavy (non-hydrogen) atoms. The summed E-state index contributed by atoms with van der Waals surface area (Å²) in [5, 5.41) is 16.3. The quantitative estimate of drug-likeness (QED) is 0.539. The van der Waals surface area contributed by atoms with Gasteiger partial charge in [-0.25, -0.2) is 5.43 Å². The molecule has 6 heteroatoms. The summed E-state index contributed by atoms with van der Waals surface area (Å²) in [6, 6.07) is 13.5. The van der Waals surface area contributed by atoms with Crippen molar-refractivity contribution < 1.29 is 14.6 Å². The van der Waals surface area contributed by atoms with E-state index in [0.717, 1.165) is 17.0 Å². The number of nitrogens with zero attached hydrogens (tertiary/aromatic N) is 1. The van der Waals surface area contributed by atoms with Crippen LogP contribution >= 0.6 is 0 Å².